The van der Waals surface area contributed by atoms with Crippen LogP contribution >= 0.6 is 23.4 Å². The smallest absolute Gasteiger partial charge is 0.191 e. The molecule has 1 heterocycles. The molecule has 0 amide bonds. The van der Waals surface area contributed by atoms with E-state index in [-0.39, 0.29) is 5.75 Å². The Hall–Kier alpha value is -1.83. The summed E-state index contributed by atoms with van der Waals surface area (Å²) < 4.78 is 27.3. The lowest BCUT2D eigenvalue weighted by molar-refractivity contribution is 0.588. The third-order valence-corrected chi connectivity index (χ3v) is 6.97. The third-order valence-electron chi connectivity index (χ3n) is 4.07. The lowest BCUT2D eigenvalue weighted by Crippen LogP contribution is -2.11. The molecule has 0 radical (unpaired) electrons. The number of sulfone groups is 1. The summed E-state index contributed by atoms with van der Waals surface area (Å²) in [6.45, 7) is 4.48. The average Bonchev–Trinajstić information content (AvgIpc) is 3.01. The quantitative estimate of drug-likeness (QED) is 0.524. The van der Waals surface area contributed by atoms with Crippen LogP contribution in [-0.4, -0.2) is 23.2 Å². The van der Waals surface area contributed by atoms with Crippen LogP contribution in [-0.2, 0) is 27.9 Å². The summed E-state index contributed by atoms with van der Waals surface area (Å²) in [5, 5.41) is 9.72. The van der Waals surface area contributed by atoms with Crippen LogP contribution in [0.5, 0.6) is 0 Å². The van der Waals surface area contributed by atoms with E-state index in [2.05, 4.69) is 10.2 Å². The Kier molecular flexibility index (Phi) is 6.24. The molecule has 2 aromatic carbocycles. The van der Waals surface area contributed by atoms with E-state index in [0.717, 1.165) is 11.1 Å². The van der Waals surface area contributed by atoms with Gasteiger partial charge in [-0.2, -0.15) is 0 Å². The van der Waals surface area contributed by atoms with E-state index in [1.165, 1.54) is 11.8 Å². The Morgan fingerprint density at radius 3 is 2.52 bits per heavy atom. The maximum Gasteiger partial charge on any atom is 0.191 e. The summed E-state index contributed by atoms with van der Waals surface area (Å²) in [7, 11) is -3.47. The number of aryl methyl sites for hydroxylation is 1. The van der Waals surface area contributed by atoms with Gasteiger partial charge in [-0.1, -0.05) is 53.2 Å². The van der Waals surface area contributed by atoms with Gasteiger partial charge in [0.15, 0.2) is 15.0 Å². The molecule has 142 valence electrons. The van der Waals surface area contributed by atoms with Gasteiger partial charge in [0.2, 0.25) is 0 Å². The predicted octanol–water partition coefficient (Wildman–Crippen LogP) is 4.53. The van der Waals surface area contributed by atoms with E-state index in [0.29, 0.717) is 33.2 Å². The van der Waals surface area contributed by atoms with Crippen LogP contribution in [0.25, 0.3) is 0 Å². The van der Waals surface area contributed by atoms with Gasteiger partial charge in [-0.15, -0.1) is 10.2 Å². The summed E-state index contributed by atoms with van der Waals surface area (Å²) in [5.41, 5.74) is 2.09. The molecule has 0 unspecified atom stereocenters. The molecule has 3 aromatic rings. The van der Waals surface area contributed by atoms with Crippen molar-refractivity contribution in [1.29, 1.82) is 0 Å². The molecule has 0 aliphatic heterocycles. The predicted molar refractivity (Wildman–Crippen MR) is 109 cm³/mol. The average molecular weight is 422 g/mol. The Labute approximate surface area is 168 Å². The first-order valence-corrected chi connectivity index (χ1v) is 11.5. The van der Waals surface area contributed by atoms with E-state index in [1.54, 1.807) is 24.3 Å². The molecule has 0 saturated heterocycles. The van der Waals surface area contributed by atoms with Gasteiger partial charge in [0, 0.05) is 17.3 Å². The van der Waals surface area contributed by atoms with E-state index < -0.39 is 9.84 Å². The van der Waals surface area contributed by atoms with Crippen molar-refractivity contribution in [2.24, 2.45) is 0 Å². The van der Waals surface area contributed by atoms with Crippen molar-refractivity contribution >= 4 is 33.2 Å². The number of rotatable bonds is 7. The van der Waals surface area contributed by atoms with E-state index in [9.17, 15) is 8.42 Å². The van der Waals surface area contributed by atoms with Crippen LogP contribution in [0.15, 0.2) is 58.6 Å². The lowest BCUT2D eigenvalue weighted by atomic mass is 10.2. The van der Waals surface area contributed by atoms with Crippen molar-refractivity contribution < 1.29 is 8.42 Å². The molecule has 0 aliphatic carbocycles. The van der Waals surface area contributed by atoms with Crippen molar-refractivity contribution in [3.8, 4) is 0 Å². The maximum absolute atomic E-state index is 12.7. The minimum absolute atomic E-state index is 0.172. The molecule has 1 aromatic heterocycles. The maximum atomic E-state index is 12.7. The normalized spacial score (nSPS) is 11.7. The van der Waals surface area contributed by atoms with Gasteiger partial charge in [0.1, 0.15) is 11.6 Å². The first-order valence-electron chi connectivity index (χ1n) is 8.48. The summed E-state index contributed by atoms with van der Waals surface area (Å²) in [6, 6.07) is 14.5. The zero-order valence-corrected chi connectivity index (χ0v) is 17.5. The highest BCUT2D eigenvalue weighted by Gasteiger charge is 2.21. The molecular weight excluding hydrogens is 402 g/mol. The fourth-order valence-electron chi connectivity index (χ4n) is 2.62. The van der Waals surface area contributed by atoms with Crippen LogP contribution < -0.4 is 0 Å². The summed E-state index contributed by atoms with van der Waals surface area (Å²) in [5.74, 6) is 0.963. The van der Waals surface area contributed by atoms with Crippen molar-refractivity contribution in [3.05, 3.63) is 70.5 Å². The van der Waals surface area contributed by atoms with Gasteiger partial charge in [0.25, 0.3) is 0 Å². The van der Waals surface area contributed by atoms with Crippen molar-refractivity contribution in [2.75, 3.05) is 0 Å². The summed E-state index contributed by atoms with van der Waals surface area (Å²) >= 11 is 7.53. The molecule has 0 saturated carbocycles. The highest BCUT2D eigenvalue weighted by molar-refractivity contribution is 7.98. The Morgan fingerprint density at radius 2 is 1.85 bits per heavy atom. The van der Waals surface area contributed by atoms with Crippen molar-refractivity contribution in [3.63, 3.8) is 0 Å². The molecule has 0 bridgehead atoms. The molecule has 0 spiro atoms. The highest BCUT2D eigenvalue weighted by Crippen LogP contribution is 2.25. The first kappa shape index (κ1) is 19.9. The van der Waals surface area contributed by atoms with E-state index >= 15 is 0 Å². The monoisotopic (exact) mass is 421 g/mol. The van der Waals surface area contributed by atoms with Crippen LogP contribution in [0, 0.1) is 6.92 Å². The fraction of sp³-hybridized carbons (Fsp3) is 0.263. The second-order valence-electron chi connectivity index (χ2n) is 6.13. The van der Waals surface area contributed by atoms with Gasteiger partial charge in [-0.3, -0.25) is 0 Å². The molecule has 0 N–H and O–H groups in total. The molecule has 0 atom stereocenters. The van der Waals surface area contributed by atoms with Crippen LogP contribution in [0.2, 0.25) is 5.02 Å². The first-order chi connectivity index (χ1) is 12.9. The molecule has 0 fully saturated rings. The standard InChI is InChI=1S/C19H20ClN3O2S2/c1-3-23-18(13-27(24,25)17-9-7-14(2)8-10-17)21-22-19(23)26-12-15-5-4-6-16(20)11-15/h4-11H,3,12-13H2,1-2H3. The Balaban J connectivity index is 1.78. The number of aromatic nitrogens is 3. The Morgan fingerprint density at radius 1 is 1.11 bits per heavy atom. The van der Waals surface area contributed by atoms with Crippen LogP contribution in [0.4, 0.5) is 0 Å². The van der Waals surface area contributed by atoms with Crippen molar-refractivity contribution in [2.45, 2.75) is 41.9 Å². The number of hydrogen-bond donors (Lipinski definition) is 0. The molecular formula is C19H20ClN3O2S2. The van der Waals surface area contributed by atoms with E-state index in [1.807, 2.05) is 42.7 Å². The van der Waals surface area contributed by atoms with Gasteiger partial charge < -0.3 is 4.57 Å². The fourth-order valence-corrected chi connectivity index (χ4v) is 5.07. The second kappa shape index (κ2) is 8.46. The molecule has 8 heteroatoms. The number of nitrogens with zero attached hydrogens (tertiary/aromatic N) is 3. The second-order valence-corrected chi connectivity index (χ2v) is 9.50. The number of benzene rings is 2. The minimum atomic E-state index is -3.47. The topological polar surface area (TPSA) is 64.8 Å². The van der Waals surface area contributed by atoms with Gasteiger partial charge in [-0.05, 0) is 43.7 Å². The van der Waals surface area contributed by atoms with Gasteiger partial charge >= 0.3 is 0 Å². The highest BCUT2D eigenvalue weighted by atomic mass is 35.5. The van der Waals surface area contributed by atoms with E-state index in [4.69, 9.17) is 11.6 Å². The number of thioether (sulfide) groups is 1. The lowest BCUT2D eigenvalue weighted by Gasteiger charge is -2.08. The molecule has 3 rings (SSSR count). The number of hydrogen-bond acceptors (Lipinski definition) is 5. The summed E-state index contributed by atoms with van der Waals surface area (Å²) in [6.07, 6.45) is 0. The molecule has 5 nitrogen and oxygen atoms in total. The molecule has 0 aliphatic rings. The van der Waals surface area contributed by atoms with Gasteiger partial charge in [-0.25, -0.2) is 8.42 Å². The summed E-state index contributed by atoms with van der Waals surface area (Å²) in [4.78, 5) is 0.298. The number of halogens is 1. The van der Waals surface area contributed by atoms with Crippen LogP contribution in [0.3, 0.4) is 0 Å². The SMILES string of the molecule is CCn1c(CS(=O)(=O)c2ccc(C)cc2)nnc1SCc1cccc(Cl)c1. The zero-order chi connectivity index (χ0) is 19.4. The largest absolute Gasteiger partial charge is 0.305 e. The minimum Gasteiger partial charge on any atom is -0.305 e. The third kappa shape index (κ3) is 4.91. The zero-order valence-electron chi connectivity index (χ0n) is 15.1. The van der Waals surface area contributed by atoms with Gasteiger partial charge in [0.05, 0.1) is 4.90 Å². The van der Waals surface area contributed by atoms with Crippen molar-refractivity contribution in [1.82, 2.24) is 14.8 Å². The Bertz CT molecular complexity index is 1030. The van der Waals surface area contributed by atoms with Crippen LogP contribution in [0.1, 0.15) is 23.9 Å². The molecule has 27 heavy (non-hydrogen) atoms.